The quantitative estimate of drug-likeness (QED) is 0.778. The second-order valence-electron chi connectivity index (χ2n) is 4.57. The second kappa shape index (κ2) is 4.23. The highest BCUT2D eigenvalue weighted by molar-refractivity contribution is 5.36. The van der Waals surface area contributed by atoms with Gasteiger partial charge >= 0.3 is 0 Å². The van der Waals surface area contributed by atoms with Crippen LogP contribution in [0.15, 0.2) is 6.07 Å². The van der Waals surface area contributed by atoms with Crippen molar-refractivity contribution in [3.63, 3.8) is 0 Å². The van der Waals surface area contributed by atoms with Crippen LogP contribution in [-0.4, -0.2) is 29.4 Å². The van der Waals surface area contributed by atoms with Crippen LogP contribution in [0.25, 0.3) is 0 Å². The third kappa shape index (κ3) is 2.31. The molecule has 1 aliphatic heterocycles. The number of hydrogen-bond donors (Lipinski definition) is 2. The summed E-state index contributed by atoms with van der Waals surface area (Å²) in [7, 11) is 1.98. The standard InChI is InChI=1S/C11H20N4/c1-8-5-12-6-10(8)7-13-11-4-9(2)14-15(11)3/h4,8,10,12-13H,5-7H2,1-3H3/t8-,10+/m1/s1. The van der Waals surface area contributed by atoms with Gasteiger partial charge in [-0.2, -0.15) is 5.10 Å². The molecule has 2 N–H and O–H groups in total. The van der Waals surface area contributed by atoms with Crippen LogP contribution < -0.4 is 10.6 Å². The van der Waals surface area contributed by atoms with Crippen molar-refractivity contribution in [1.82, 2.24) is 15.1 Å². The molecule has 2 rings (SSSR count). The van der Waals surface area contributed by atoms with Crippen molar-refractivity contribution >= 4 is 5.82 Å². The van der Waals surface area contributed by atoms with E-state index in [0.29, 0.717) is 0 Å². The van der Waals surface area contributed by atoms with Crippen molar-refractivity contribution in [3.05, 3.63) is 11.8 Å². The lowest BCUT2D eigenvalue weighted by Crippen LogP contribution is -2.21. The molecule has 1 fully saturated rings. The zero-order chi connectivity index (χ0) is 10.8. The summed E-state index contributed by atoms with van der Waals surface area (Å²) >= 11 is 0. The molecule has 84 valence electrons. The fraction of sp³-hybridized carbons (Fsp3) is 0.727. The zero-order valence-corrected chi connectivity index (χ0v) is 9.75. The highest BCUT2D eigenvalue weighted by Crippen LogP contribution is 2.17. The van der Waals surface area contributed by atoms with Crippen molar-refractivity contribution in [2.24, 2.45) is 18.9 Å². The molecule has 15 heavy (non-hydrogen) atoms. The normalized spacial score (nSPS) is 25.8. The van der Waals surface area contributed by atoms with E-state index in [0.717, 1.165) is 43.0 Å². The molecule has 1 aromatic rings. The van der Waals surface area contributed by atoms with E-state index in [9.17, 15) is 0 Å². The lowest BCUT2D eigenvalue weighted by Gasteiger charge is -2.15. The minimum atomic E-state index is 0.736. The van der Waals surface area contributed by atoms with Crippen LogP contribution >= 0.6 is 0 Å². The number of anilines is 1. The molecular weight excluding hydrogens is 188 g/mol. The molecule has 1 aliphatic rings. The molecule has 4 heteroatoms. The van der Waals surface area contributed by atoms with E-state index in [1.54, 1.807) is 0 Å². The maximum Gasteiger partial charge on any atom is 0.124 e. The molecule has 0 radical (unpaired) electrons. The van der Waals surface area contributed by atoms with Crippen LogP contribution in [0.2, 0.25) is 0 Å². The molecule has 1 saturated heterocycles. The van der Waals surface area contributed by atoms with Gasteiger partial charge in [0.25, 0.3) is 0 Å². The summed E-state index contributed by atoms with van der Waals surface area (Å²) in [4.78, 5) is 0. The molecule has 0 unspecified atom stereocenters. The smallest absolute Gasteiger partial charge is 0.124 e. The Hall–Kier alpha value is -1.03. The van der Waals surface area contributed by atoms with Crippen LogP contribution in [0.5, 0.6) is 0 Å². The molecule has 0 spiro atoms. The van der Waals surface area contributed by atoms with Crippen molar-refractivity contribution in [1.29, 1.82) is 0 Å². The van der Waals surface area contributed by atoms with E-state index in [1.807, 2.05) is 18.7 Å². The Morgan fingerprint density at radius 2 is 2.40 bits per heavy atom. The van der Waals surface area contributed by atoms with Crippen molar-refractivity contribution in [3.8, 4) is 0 Å². The third-order valence-electron chi connectivity index (χ3n) is 3.22. The van der Waals surface area contributed by atoms with Gasteiger partial charge in [-0.15, -0.1) is 0 Å². The second-order valence-corrected chi connectivity index (χ2v) is 4.57. The Balaban J connectivity index is 1.90. The Kier molecular flexibility index (Phi) is 2.95. The van der Waals surface area contributed by atoms with E-state index < -0.39 is 0 Å². The van der Waals surface area contributed by atoms with E-state index >= 15 is 0 Å². The van der Waals surface area contributed by atoms with Crippen LogP contribution in [0.4, 0.5) is 5.82 Å². The average Bonchev–Trinajstić information content (AvgIpc) is 2.70. The molecule has 4 nitrogen and oxygen atoms in total. The highest BCUT2D eigenvalue weighted by Gasteiger charge is 2.22. The van der Waals surface area contributed by atoms with Gasteiger partial charge in [-0.3, -0.25) is 4.68 Å². The van der Waals surface area contributed by atoms with Crippen LogP contribution in [0.3, 0.4) is 0 Å². The molecule has 2 atom stereocenters. The molecule has 0 aromatic carbocycles. The number of nitrogens with zero attached hydrogens (tertiary/aromatic N) is 2. The van der Waals surface area contributed by atoms with Gasteiger partial charge in [0.05, 0.1) is 5.69 Å². The van der Waals surface area contributed by atoms with Crippen molar-refractivity contribution in [2.75, 3.05) is 25.0 Å². The van der Waals surface area contributed by atoms with Crippen molar-refractivity contribution in [2.45, 2.75) is 13.8 Å². The number of nitrogens with one attached hydrogen (secondary N) is 2. The maximum absolute atomic E-state index is 4.31. The van der Waals surface area contributed by atoms with E-state index in [2.05, 4.69) is 28.7 Å². The topological polar surface area (TPSA) is 41.9 Å². The summed E-state index contributed by atoms with van der Waals surface area (Å²) < 4.78 is 1.91. The van der Waals surface area contributed by atoms with Crippen LogP contribution in [-0.2, 0) is 7.05 Å². The summed E-state index contributed by atoms with van der Waals surface area (Å²) in [5, 5.41) is 11.2. The first-order valence-electron chi connectivity index (χ1n) is 5.62. The highest BCUT2D eigenvalue weighted by atomic mass is 15.3. The zero-order valence-electron chi connectivity index (χ0n) is 9.75. The van der Waals surface area contributed by atoms with Gasteiger partial charge in [0.15, 0.2) is 0 Å². The van der Waals surface area contributed by atoms with Crippen molar-refractivity contribution < 1.29 is 0 Å². The molecule has 1 aromatic heterocycles. The predicted octanol–water partition coefficient (Wildman–Crippen LogP) is 0.996. The minimum absolute atomic E-state index is 0.736. The summed E-state index contributed by atoms with van der Waals surface area (Å²) in [6.07, 6.45) is 0. The molecule has 0 aliphatic carbocycles. The van der Waals surface area contributed by atoms with E-state index in [-0.39, 0.29) is 0 Å². The summed E-state index contributed by atoms with van der Waals surface area (Å²) in [6, 6.07) is 2.09. The van der Waals surface area contributed by atoms with Gasteiger partial charge in [-0.1, -0.05) is 6.92 Å². The maximum atomic E-state index is 4.31. The number of aromatic nitrogens is 2. The molecular formula is C11H20N4. The van der Waals surface area contributed by atoms with Gasteiger partial charge in [-0.25, -0.2) is 0 Å². The molecule has 0 saturated carbocycles. The van der Waals surface area contributed by atoms with Gasteiger partial charge in [0, 0.05) is 19.7 Å². The average molecular weight is 208 g/mol. The lowest BCUT2D eigenvalue weighted by atomic mass is 9.98. The third-order valence-corrected chi connectivity index (χ3v) is 3.22. The van der Waals surface area contributed by atoms with Gasteiger partial charge in [0.2, 0.25) is 0 Å². The lowest BCUT2D eigenvalue weighted by molar-refractivity contribution is 0.473. The van der Waals surface area contributed by atoms with Gasteiger partial charge in [-0.05, 0) is 31.8 Å². The van der Waals surface area contributed by atoms with E-state index in [1.165, 1.54) is 0 Å². The van der Waals surface area contributed by atoms with Crippen LogP contribution in [0.1, 0.15) is 12.6 Å². The number of rotatable bonds is 3. The van der Waals surface area contributed by atoms with Gasteiger partial charge < -0.3 is 10.6 Å². The molecule has 0 bridgehead atoms. The summed E-state index contributed by atoms with van der Waals surface area (Å²) in [6.45, 7) is 7.64. The number of aryl methyl sites for hydroxylation is 2. The van der Waals surface area contributed by atoms with E-state index in [4.69, 9.17) is 0 Å². The van der Waals surface area contributed by atoms with Crippen LogP contribution in [0, 0.1) is 18.8 Å². The first-order valence-corrected chi connectivity index (χ1v) is 5.62. The Morgan fingerprint density at radius 1 is 1.60 bits per heavy atom. The monoisotopic (exact) mass is 208 g/mol. The Morgan fingerprint density at radius 3 is 2.93 bits per heavy atom. The molecule has 0 amide bonds. The Bertz CT molecular complexity index is 331. The largest absolute Gasteiger partial charge is 0.370 e. The first-order chi connectivity index (χ1) is 7.16. The summed E-state index contributed by atoms with van der Waals surface area (Å²) in [5.41, 5.74) is 1.07. The first kappa shape index (κ1) is 10.5. The SMILES string of the molecule is Cc1cc(NC[C@@H]2CNC[C@H]2C)n(C)n1. The predicted molar refractivity (Wildman–Crippen MR) is 62.0 cm³/mol. The van der Waals surface area contributed by atoms with Gasteiger partial charge in [0.1, 0.15) is 5.82 Å². The Labute approximate surface area is 91.1 Å². The summed E-state index contributed by atoms with van der Waals surface area (Å²) in [5.74, 6) is 2.62. The number of hydrogen-bond acceptors (Lipinski definition) is 3. The minimum Gasteiger partial charge on any atom is -0.370 e. The fourth-order valence-electron chi connectivity index (χ4n) is 2.15. The fourth-order valence-corrected chi connectivity index (χ4v) is 2.15. The molecule has 2 heterocycles.